The maximum atomic E-state index is 8.08. The predicted molar refractivity (Wildman–Crippen MR) is 122 cm³/mol. The molecule has 0 atom stereocenters. The minimum Gasteiger partial charge on any atom is -0.461 e. The van der Waals surface area contributed by atoms with Gasteiger partial charge in [0.2, 0.25) is 0 Å². The van der Waals surface area contributed by atoms with Crippen LogP contribution in [0.4, 0.5) is 5.69 Å². The number of anilines is 1. The van der Waals surface area contributed by atoms with Crippen molar-refractivity contribution in [1.29, 1.82) is 5.41 Å². The van der Waals surface area contributed by atoms with Gasteiger partial charge < -0.3 is 16.2 Å². The molecule has 0 fully saturated rings. The van der Waals surface area contributed by atoms with Crippen LogP contribution in [-0.2, 0) is 0 Å². The maximum Gasteiger partial charge on any atom is 0.126 e. The molecule has 0 aliphatic heterocycles. The Morgan fingerprint density at radius 1 is 0.933 bits per heavy atom. The van der Waals surface area contributed by atoms with Crippen LogP contribution in [0.2, 0.25) is 0 Å². The topological polar surface area (TPSA) is 98.0 Å². The van der Waals surface area contributed by atoms with Gasteiger partial charge in [0.05, 0.1) is 16.9 Å². The van der Waals surface area contributed by atoms with Crippen molar-refractivity contribution in [3.63, 3.8) is 0 Å². The summed E-state index contributed by atoms with van der Waals surface area (Å²) in [7, 11) is 0. The van der Waals surface area contributed by atoms with Crippen molar-refractivity contribution in [1.82, 2.24) is 4.98 Å². The number of benzene rings is 2. The van der Waals surface area contributed by atoms with Gasteiger partial charge in [-0.2, -0.15) is 0 Å². The molecule has 0 radical (unpaired) electrons. The number of ether oxygens (including phenoxy) is 1. The molecule has 0 amide bonds. The lowest BCUT2D eigenvalue weighted by Gasteiger charge is -2.15. The molecule has 1 aromatic heterocycles. The molecular formula is C25H22N4O. The third-order valence-corrected chi connectivity index (χ3v) is 4.81. The first-order valence-electron chi connectivity index (χ1n) is 9.62. The van der Waals surface area contributed by atoms with E-state index in [1.807, 2.05) is 85.0 Å². The summed E-state index contributed by atoms with van der Waals surface area (Å²) in [5, 5.41) is 8.08. The third kappa shape index (κ3) is 4.00. The van der Waals surface area contributed by atoms with Gasteiger partial charge in [0.15, 0.2) is 0 Å². The molecule has 1 aliphatic carbocycles. The van der Waals surface area contributed by atoms with Crippen molar-refractivity contribution in [2.45, 2.75) is 6.42 Å². The number of amidine groups is 1. The Bertz CT molecular complexity index is 1160. The van der Waals surface area contributed by atoms with Crippen molar-refractivity contribution >= 4 is 11.5 Å². The second-order valence-electron chi connectivity index (χ2n) is 6.87. The highest BCUT2D eigenvalue weighted by atomic mass is 16.5. The number of nitrogens with one attached hydrogen (secondary N) is 1. The Balaban J connectivity index is 1.67. The van der Waals surface area contributed by atoms with E-state index in [2.05, 4.69) is 4.98 Å². The standard InChI is InChI=1S/C25H22N4O/c26-23-22(25(27)28)21(16-29-24(23)18-8-4-3-5-9-18)17-12-14-20(15-13-17)30-19-10-6-1-2-7-11-19/h1-10,12-16H,11,26H2,(H3,27,28). The van der Waals surface area contributed by atoms with Gasteiger partial charge >= 0.3 is 0 Å². The maximum absolute atomic E-state index is 8.08. The summed E-state index contributed by atoms with van der Waals surface area (Å²) in [6, 6.07) is 17.3. The van der Waals surface area contributed by atoms with E-state index >= 15 is 0 Å². The molecule has 0 unspecified atom stereocenters. The van der Waals surface area contributed by atoms with Gasteiger partial charge in [0.1, 0.15) is 17.3 Å². The first-order chi connectivity index (χ1) is 14.6. The largest absolute Gasteiger partial charge is 0.461 e. The van der Waals surface area contributed by atoms with Crippen LogP contribution in [0, 0.1) is 5.41 Å². The normalized spacial score (nSPS) is 12.9. The summed E-state index contributed by atoms with van der Waals surface area (Å²) in [6.45, 7) is 0. The molecule has 148 valence electrons. The molecule has 4 rings (SSSR count). The van der Waals surface area contributed by atoms with Crippen LogP contribution in [0.25, 0.3) is 22.4 Å². The molecule has 0 spiro atoms. The Morgan fingerprint density at radius 3 is 2.43 bits per heavy atom. The summed E-state index contributed by atoms with van der Waals surface area (Å²) in [6.07, 6.45) is 12.4. The van der Waals surface area contributed by atoms with Gasteiger partial charge in [-0.3, -0.25) is 10.4 Å². The van der Waals surface area contributed by atoms with Crippen LogP contribution in [0.3, 0.4) is 0 Å². The molecule has 30 heavy (non-hydrogen) atoms. The zero-order chi connectivity index (χ0) is 20.9. The SMILES string of the molecule is N=C(N)c1c(-c2ccc(OC3=CC=CC=CC3)cc2)cnc(-c2ccccc2)c1N. The van der Waals surface area contributed by atoms with Crippen LogP contribution in [0.5, 0.6) is 5.75 Å². The van der Waals surface area contributed by atoms with Crippen molar-refractivity contribution in [3.05, 3.63) is 102 Å². The number of rotatable bonds is 5. The second kappa shape index (κ2) is 8.49. The molecule has 5 heteroatoms. The van der Waals surface area contributed by atoms with E-state index in [4.69, 9.17) is 21.6 Å². The molecular weight excluding hydrogens is 372 g/mol. The summed E-state index contributed by atoms with van der Waals surface area (Å²) >= 11 is 0. The quantitative estimate of drug-likeness (QED) is 0.416. The van der Waals surface area contributed by atoms with E-state index in [9.17, 15) is 0 Å². The number of nitrogen functional groups attached to an aromatic ring is 2. The number of hydrogen-bond donors (Lipinski definition) is 3. The zero-order valence-electron chi connectivity index (χ0n) is 16.4. The van der Waals surface area contributed by atoms with Gasteiger partial charge in [-0.1, -0.05) is 66.8 Å². The van der Waals surface area contributed by atoms with Gasteiger partial charge in [0, 0.05) is 23.7 Å². The number of nitrogens with two attached hydrogens (primary N) is 2. The highest BCUT2D eigenvalue weighted by molar-refractivity contribution is 6.08. The Kier molecular flexibility index (Phi) is 5.44. The molecule has 0 saturated carbocycles. The van der Waals surface area contributed by atoms with E-state index in [1.54, 1.807) is 6.20 Å². The van der Waals surface area contributed by atoms with Crippen molar-refractivity contribution in [3.8, 4) is 28.1 Å². The van der Waals surface area contributed by atoms with E-state index in [1.165, 1.54) is 0 Å². The third-order valence-electron chi connectivity index (χ3n) is 4.81. The van der Waals surface area contributed by atoms with Crippen LogP contribution in [0.15, 0.2) is 96.9 Å². The smallest absolute Gasteiger partial charge is 0.126 e. The molecule has 3 aromatic rings. The monoisotopic (exact) mass is 394 g/mol. The van der Waals surface area contributed by atoms with Gasteiger partial charge in [-0.05, 0) is 23.8 Å². The van der Waals surface area contributed by atoms with Crippen LogP contribution in [0.1, 0.15) is 12.0 Å². The second-order valence-corrected chi connectivity index (χ2v) is 6.87. The number of hydrogen-bond acceptors (Lipinski definition) is 4. The van der Waals surface area contributed by atoms with Gasteiger partial charge in [0.25, 0.3) is 0 Å². The van der Waals surface area contributed by atoms with Crippen molar-refractivity contribution in [2.75, 3.05) is 5.73 Å². The molecule has 1 aliphatic rings. The van der Waals surface area contributed by atoms with Gasteiger partial charge in [-0.25, -0.2) is 0 Å². The zero-order valence-corrected chi connectivity index (χ0v) is 16.4. The molecule has 0 bridgehead atoms. The van der Waals surface area contributed by atoms with E-state index in [0.717, 1.165) is 29.1 Å². The lowest BCUT2D eigenvalue weighted by atomic mass is 9.97. The summed E-state index contributed by atoms with van der Waals surface area (Å²) < 4.78 is 5.96. The average Bonchev–Trinajstić information content (AvgIpc) is 3.03. The van der Waals surface area contributed by atoms with Crippen molar-refractivity contribution in [2.24, 2.45) is 5.73 Å². The first-order valence-corrected chi connectivity index (χ1v) is 9.62. The minimum atomic E-state index is -0.0930. The highest BCUT2D eigenvalue weighted by Crippen LogP contribution is 2.34. The predicted octanol–water partition coefficient (Wildman–Crippen LogP) is 5.06. The molecule has 2 aromatic carbocycles. The fourth-order valence-corrected chi connectivity index (χ4v) is 3.35. The molecule has 5 nitrogen and oxygen atoms in total. The highest BCUT2D eigenvalue weighted by Gasteiger charge is 2.17. The molecule has 5 N–H and O–H groups in total. The van der Waals surface area contributed by atoms with E-state index in [-0.39, 0.29) is 5.84 Å². The average molecular weight is 394 g/mol. The lowest BCUT2D eigenvalue weighted by Crippen LogP contribution is -2.16. The number of allylic oxidation sites excluding steroid dienone is 5. The molecule has 1 heterocycles. The fourth-order valence-electron chi connectivity index (χ4n) is 3.35. The number of nitrogens with zero attached hydrogens (tertiary/aromatic N) is 1. The van der Waals surface area contributed by atoms with Crippen LogP contribution >= 0.6 is 0 Å². The first kappa shape index (κ1) is 19.2. The minimum absolute atomic E-state index is 0.0930. The van der Waals surface area contributed by atoms with Crippen molar-refractivity contribution < 1.29 is 4.74 Å². The Labute approximate surface area is 175 Å². The number of pyridine rings is 1. The van der Waals surface area contributed by atoms with E-state index < -0.39 is 0 Å². The fraction of sp³-hybridized carbons (Fsp3) is 0.0400. The summed E-state index contributed by atoms with van der Waals surface area (Å²) in [4.78, 5) is 4.56. The van der Waals surface area contributed by atoms with Gasteiger partial charge in [-0.15, -0.1) is 0 Å². The van der Waals surface area contributed by atoms with E-state index in [0.29, 0.717) is 22.5 Å². The molecule has 0 saturated heterocycles. The Hall–Kier alpha value is -4.12. The lowest BCUT2D eigenvalue weighted by molar-refractivity contribution is 0.416. The summed E-state index contributed by atoms with van der Waals surface area (Å²) in [5.74, 6) is 1.51. The summed E-state index contributed by atoms with van der Waals surface area (Å²) in [5.41, 5.74) is 16.2. The number of aromatic nitrogens is 1. The van der Waals surface area contributed by atoms with Crippen LogP contribution < -0.4 is 16.2 Å². The Morgan fingerprint density at radius 2 is 1.70 bits per heavy atom. The van der Waals surface area contributed by atoms with Crippen LogP contribution in [-0.4, -0.2) is 10.8 Å².